The molecule has 7 heteroatoms. The summed E-state index contributed by atoms with van der Waals surface area (Å²) in [5.74, 6) is 0.710. The van der Waals surface area contributed by atoms with E-state index in [4.69, 9.17) is 27.9 Å². The summed E-state index contributed by atoms with van der Waals surface area (Å²) in [5.41, 5.74) is 1.73. The number of anilines is 2. The Morgan fingerprint density at radius 2 is 1.80 bits per heavy atom. The van der Waals surface area contributed by atoms with E-state index in [1.165, 1.54) is 0 Å². The Hall–Kier alpha value is -2.11. The zero-order valence-electron chi connectivity index (χ0n) is 13.8. The number of carbonyl (C=O) groups is 1. The van der Waals surface area contributed by atoms with E-state index in [0.29, 0.717) is 28.9 Å². The van der Waals surface area contributed by atoms with E-state index in [1.807, 2.05) is 30.3 Å². The first-order chi connectivity index (χ1) is 12.1. The lowest BCUT2D eigenvalue weighted by molar-refractivity contribution is 0.208. The lowest BCUT2D eigenvalue weighted by Gasteiger charge is -2.36. The third kappa shape index (κ3) is 4.30. The molecule has 2 amide bonds. The number of piperazine rings is 1. The monoisotopic (exact) mass is 379 g/mol. The van der Waals surface area contributed by atoms with Crippen LogP contribution in [0.5, 0.6) is 5.75 Å². The van der Waals surface area contributed by atoms with E-state index in [2.05, 4.69) is 10.2 Å². The fraction of sp³-hybridized carbons (Fsp3) is 0.278. The summed E-state index contributed by atoms with van der Waals surface area (Å²) in [6.45, 7) is 2.75. The van der Waals surface area contributed by atoms with Crippen molar-refractivity contribution in [3.8, 4) is 5.75 Å². The van der Waals surface area contributed by atoms with Gasteiger partial charge in [-0.05, 0) is 30.3 Å². The summed E-state index contributed by atoms with van der Waals surface area (Å²) >= 11 is 12.0. The van der Waals surface area contributed by atoms with Crippen LogP contribution in [-0.2, 0) is 0 Å². The van der Waals surface area contributed by atoms with Crippen LogP contribution in [0.2, 0.25) is 10.0 Å². The van der Waals surface area contributed by atoms with Gasteiger partial charge in [-0.3, -0.25) is 0 Å². The van der Waals surface area contributed by atoms with E-state index in [9.17, 15) is 4.79 Å². The molecular weight excluding hydrogens is 361 g/mol. The molecule has 2 aromatic carbocycles. The number of hydrogen-bond donors (Lipinski definition) is 1. The Bertz CT molecular complexity index is 762. The second-order valence-electron chi connectivity index (χ2n) is 5.73. The second-order valence-corrected chi connectivity index (χ2v) is 6.55. The minimum absolute atomic E-state index is 0.109. The minimum atomic E-state index is -0.109. The summed E-state index contributed by atoms with van der Waals surface area (Å²) in [6.07, 6.45) is 0. The van der Waals surface area contributed by atoms with Crippen LogP contribution in [0.15, 0.2) is 42.5 Å². The summed E-state index contributed by atoms with van der Waals surface area (Å²) in [5, 5.41) is 3.99. The SMILES string of the molecule is COc1cccc(NC(=O)N2CCN(c3ccc(Cl)c(Cl)c3)CC2)c1. The second kappa shape index (κ2) is 7.85. The predicted octanol–water partition coefficient (Wildman–Crippen LogP) is 4.36. The van der Waals surface area contributed by atoms with Crippen LogP contribution in [0, 0.1) is 0 Å². The first-order valence-corrected chi connectivity index (χ1v) is 8.72. The fourth-order valence-corrected chi connectivity index (χ4v) is 3.05. The number of methoxy groups -OCH3 is 1. The number of hydrogen-bond acceptors (Lipinski definition) is 3. The predicted molar refractivity (Wildman–Crippen MR) is 102 cm³/mol. The van der Waals surface area contributed by atoms with Gasteiger partial charge in [0.05, 0.1) is 17.2 Å². The van der Waals surface area contributed by atoms with Crippen LogP contribution in [-0.4, -0.2) is 44.2 Å². The number of nitrogens with zero attached hydrogens (tertiary/aromatic N) is 2. The number of nitrogens with one attached hydrogen (secondary N) is 1. The summed E-state index contributed by atoms with van der Waals surface area (Å²) in [7, 11) is 1.60. The summed E-state index contributed by atoms with van der Waals surface area (Å²) in [4.78, 5) is 16.4. The van der Waals surface area contributed by atoms with E-state index >= 15 is 0 Å². The average Bonchev–Trinajstić information content (AvgIpc) is 2.64. The highest BCUT2D eigenvalue weighted by Crippen LogP contribution is 2.28. The standard InChI is InChI=1S/C18H19Cl2N3O2/c1-25-15-4-2-3-13(11-15)21-18(24)23-9-7-22(8-10-23)14-5-6-16(19)17(20)12-14/h2-6,11-12H,7-10H2,1H3,(H,21,24). The number of halogens is 2. The average molecular weight is 380 g/mol. The Morgan fingerprint density at radius 1 is 1.04 bits per heavy atom. The van der Waals surface area contributed by atoms with Crippen LogP contribution in [0.1, 0.15) is 0 Å². The van der Waals surface area contributed by atoms with Crippen molar-refractivity contribution in [3.05, 3.63) is 52.5 Å². The van der Waals surface area contributed by atoms with E-state index in [0.717, 1.165) is 24.5 Å². The first kappa shape index (κ1) is 17.7. The highest BCUT2D eigenvalue weighted by Gasteiger charge is 2.21. The van der Waals surface area contributed by atoms with Crippen LogP contribution < -0.4 is 15.0 Å². The van der Waals surface area contributed by atoms with Gasteiger partial charge in [0.2, 0.25) is 0 Å². The van der Waals surface area contributed by atoms with Crippen molar-refractivity contribution in [3.63, 3.8) is 0 Å². The minimum Gasteiger partial charge on any atom is -0.497 e. The molecule has 2 aromatic rings. The van der Waals surface area contributed by atoms with Crippen molar-refractivity contribution in [2.75, 3.05) is 43.5 Å². The number of amides is 2. The van der Waals surface area contributed by atoms with Gasteiger partial charge in [-0.25, -0.2) is 4.79 Å². The van der Waals surface area contributed by atoms with Crippen LogP contribution in [0.25, 0.3) is 0 Å². The molecule has 0 saturated carbocycles. The van der Waals surface area contributed by atoms with E-state index in [-0.39, 0.29) is 6.03 Å². The number of urea groups is 1. The molecule has 0 bridgehead atoms. The third-order valence-corrected chi connectivity index (χ3v) is 4.90. The molecular formula is C18H19Cl2N3O2. The highest BCUT2D eigenvalue weighted by molar-refractivity contribution is 6.42. The van der Waals surface area contributed by atoms with Crippen molar-refractivity contribution >= 4 is 40.6 Å². The van der Waals surface area contributed by atoms with Gasteiger partial charge in [-0.15, -0.1) is 0 Å². The molecule has 132 valence electrons. The van der Waals surface area contributed by atoms with Crippen LogP contribution in [0.4, 0.5) is 16.2 Å². The number of carbonyl (C=O) groups excluding carboxylic acids is 1. The topological polar surface area (TPSA) is 44.8 Å². The van der Waals surface area contributed by atoms with Gasteiger partial charge < -0.3 is 19.9 Å². The molecule has 5 nitrogen and oxygen atoms in total. The summed E-state index contributed by atoms with van der Waals surface area (Å²) < 4.78 is 5.17. The smallest absolute Gasteiger partial charge is 0.321 e. The third-order valence-electron chi connectivity index (χ3n) is 4.16. The molecule has 1 heterocycles. The van der Waals surface area contributed by atoms with Gasteiger partial charge in [-0.2, -0.15) is 0 Å². The highest BCUT2D eigenvalue weighted by atomic mass is 35.5. The largest absolute Gasteiger partial charge is 0.497 e. The lowest BCUT2D eigenvalue weighted by atomic mass is 10.2. The van der Waals surface area contributed by atoms with Gasteiger partial charge >= 0.3 is 6.03 Å². The molecule has 1 aliphatic rings. The number of benzene rings is 2. The van der Waals surface area contributed by atoms with Crippen LogP contribution in [0.3, 0.4) is 0 Å². The van der Waals surface area contributed by atoms with Gasteiger partial charge in [0.1, 0.15) is 5.75 Å². The quantitative estimate of drug-likeness (QED) is 0.861. The molecule has 0 atom stereocenters. The zero-order chi connectivity index (χ0) is 17.8. The van der Waals surface area contributed by atoms with Crippen molar-refractivity contribution in [2.24, 2.45) is 0 Å². The molecule has 0 unspecified atom stereocenters. The Morgan fingerprint density at radius 3 is 2.48 bits per heavy atom. The van der Waals surface area contributed by atoms with E-state index in [1.54, 1.807) is 24.1 Å². The fourth-order valence-electron chi connectivity index (χ4n) is 2.75. The van der Waals surface area contributed by atoms with Crippen molar-refractivity contribution in [1.29, 1.82) is 0 Å². The van der Waals surface area contributed by atoms with Crippen LogP contribution >= 0.6 is 23.2 Å². The van der Waals surface area contributed by atoms with Gasteiger partial charge in [-0.1, -0.05) is 29.3 Å². The maximum Gasteiger partial charge on any atom is 0.321 e. The van der Waals surface area contributed by atoms with E-state index < -0.39 is 0 Å². The maximum atomic E-state index is 12.4. The molecule has 0 aromatic heterocycles. The van der Waals surface area contributed by atoms with Crippen molar-refractivity contribution in [2.45, 2.75) is 0 Å². The van der Waals surface area contributed by atoms with Gasteiger partial charge in [0, 0.05) is 43.6 Å². The molecule has 1 N–H and O–H groups in total. The normalized spacial score (nSPS) is 14.4. The molecule has 1 saturated heterocycles. The Balaban J connectivity index is 1.57. The molecule has 0 radical (unpaired) electrons. The molecule has 1 fully saturated rings. The Labute approximate surface area is 157 Å². The molecule has 3 rings (SSSR count). The number of ether oxygens (including phenoxy) is 1. The molecule has 1 aliphatic heterocycles. The Kier molecular flexibility index (Phi) is 5.56. The van der Waals surface area contributed by atoms with Gasteiger partial charge in [0.25, 0.3) is 0 Å². The molecule has 0 aliphatic carbocycles. The first-order valence-electron chi connectivity index (χ1n) is 7.97. The van der Waals surface area contributed by atoms with Crippen molar-refractivity contribution in [1.82, 2.24) is 4.90 Å². The molecule has 0 spiro atoms. The molecule has 25 heavy (non-hydrogen) atoms. The van der Waals surface area contributed by atoms with Crippen molar-refractivity contribution < 1.29 is 9.53 Å². The van der Waals surface area contributed by atoms with Gasteiger partial charge in [0.15, 0.2) is 0 Å². The summed E-state index contributed by atoms with van der Waals surface area (Å²) in [6, 6.07) is 12.8. The zero-order valence-corrected chi connectivity index (χ0v) is 15.3. The maximum absolute atomic E-state index is 12.4. The lowest BCUT2D eigenvalue weighted by Crippen LogP contribution is -2.50. The number of rotatable bonds is 3.